The second kappa shape index (κ2) is 7.07. The molecule has 0 saturated carbocycles. The molecule has 0 aromatic heterocycles. The molecule has 2 nitrogen and oxygen atoms in total. The Morgan fingerprint density at radius 3 is 2.88 bits per heavy atom. The second-order valence-corrected chi connectivity index (χ2v) is 6.02. The molecule has 0 bridgehead atoms. The van der Waals surface area contributed by atoms with Crippen molar-refractivity contribution in [1.82, 2.24) is 5.32 Å². The van der Waals surface area contributed by atoms with Gasteiger partial charge in [-0.2, -0.15) is 11.8 Å². The summed E-state index contributed by atoms with van der Waals surface area (Å²) in [6, 6.07) is 5.80. The van der Waals surface area contributed by atoms with Crippen molar-refractivity contribution in [3.05, 3.63) is 33.8 Å². The maximum atomic E-state index is 12.0. The molecule has 0 aliphatic carbocycles. The molecule has 0 saturated heterocycles. The van der Waals surface area contributed by atoms with Crippen LogP contribution in [0, 0.1) is 12.8 Å². The average molecular weight is 316 g/mol. The molecule has 94 valence electrons. The van der Waals surface area contributed by atoms with Gasteiger partial charge in [0.15, 0.2) is 0 Å². The molecule has 0 spiro atoms. The molecular formula is C13H18BrNOS. The number of aryl methyl sites for hydroxylation is 1. The van der Waals surface area contributed by atoms with Gasteiger partial charge in [0.25, 0.3) is 5.91 Å². The van der Waals surface area contributed by atoms with Crippen molar-refractivity contribution >= 4 is 33.6 Å². The smallest absolute Gasteiger partial charge is 0.252 e. The molecule has 1 amide bonds. The van der Waals surface area contributed by atoms with Crippen LogP contribution in [-0.4, -0.2) is 24.5 Å². The summed E-state index contributed by atoms with van der Waals surface area (Å²) in [4.78, 5) is 12.0. The molecule has 1 rings (SSSR count). The fourth-order valence-corrected chi connectivity index (χ4v) is 2.63. The van der Waals surface area contributed by atoms with Crippen molar-refractivity contribution < 1.29 is 4.79 Å². The number of carbonyl (C=O) groups is 1. The van der Waals surface area contributed by atoms with Crippen LogP contribution in [0.3, 0.4) is 0 Å². The SMILES string of the molecule is CSCC(C)CNC(=O)c1cc(C)ccc1Br. The van der Waals surface area contributed by atoms with Crippen LogP contribution in [0.15, 0.2) is 22.7 Å². The first-order chi connectivity index (χ1) is 8.04. The Labute approximate surface area is 116 Å². The van der Waals surface area contributed by atoms with Crippen LogP contribution in [0.1, 0.15) is 22.8 Å². The van der Waals surface area contributed by atoms with E-state index >= 15 is 0 Å². The summed E-state index contributed by atoms with van der Waals surface area (Å²) in [5, 5.41) is 2.97. The summed E-state index contributed by atoms with van der Waals surface area (Å²) in [5.41, 5.74) is 1.80. The van der Waals surface area contributed by atoms with E-state index in [0.29, 0.717) is 11.5 Å². The molecule has 1 N–H and O–H groups in total. The quantitative estimate of drug-likeness (QED) is 0.901. The van der Waals surface area contributed by atoms with E-state index in [1.165, 1.54) is 0 Å². The number of hydrogen-bond donors (Lipinski definition) is 1. The van der Waals surface area contributed by atoms with E-state index in [9.17, 15) is 4.79 Å². The average Bonchev–Trinajstić information content (AvgIpc) is 2.29. The molecule has 0 radical (unpaired) electrons. The van der Waals surface area contributed by atoms with Crippen LogP contribution in [0.25, 0.3) is 0 Å². The van der Waals surface area contributed by atoms with Gasteiger partial charge < -0.3 is 5.32 Å². The highest BCUT2D eigenvalue weighted by atomic mass is 79.9. The van der Waals surface area contributed by atoms with Crippen LogP contribution in [-0.2, 0) is 0 Å². The summed E-state index contributed by atoms with van der Waals surface area (Å²) < 4.78 is 0.845. The predicted octanol–water partition coefficient (Wildman–Crippen LogP) is 3.49. The van der Waals surface area contributed by atoms with Crippen LogP contribution in [0.4, 0.5) is 0 Å². The summed E-state index contributed by atoms with van der Waals surface area (Å²) in [7, 11) is 0. The zero-order chi connectivity index (χ0) is 12.8. The summed E-state index contributed by atoms with van der Waals surface area (Å²) in [6.45, 7) is 4.85. The molecule has 0 heterocycles. The van der Waals surface area contributed by atoms with Gasteiger partial charge >= 0.3 is 0 Å². The van der Waals surface area contributed by atoms with Gasteiger partial charge in [-0.1, -0.05) is 18.6 Å². The van der Waals surface area contributed by atoms with Crippen molar-refractivity contribution in [1.29, 1.82) is 0 Å². The molecule has 0 aliphatic rings. The molecule has 4 heteroatoms. The highest BCUT2D eigenvalue weighted by molar-refractivity contribution is 9.10. The van der Waals surface area contributed by atoms with Gasteiger partial charge in [0.1, 0.15) is 0 Å². The van der Waals surface area contributed by atoms with Gasteiger partial charge in [-0.3, -0.25) is 4.79 Å². The van der Waals surface area contributed by atoms with E-state index in [4.69, 9.17) is 0 Å². The lowest BCUT2D eigenvalue weighted by molar-refractivity contribution is 0.0948. The number of carbonyl (C=O) groups excluding carboxylic acids is 1. The van der Waals surface area contributed by atoms with Crippen LogP contribution in [0.2, 0.25) is 0 Å². The fourth-order valence-electron chi connectivity index (χ4n) is 1.52. The fraction of sp³-hybridized carbons (Fsp3) is 0.462. The number of rotatable bonds is 5. The topological polar surface area (TPSA) is 29.1 Å². The summed E-state index contributed by atoms with van der Waals surface area (Å²) in [6.07, 6.45) is 2.08. The zero-order valence-electron chi connectivity index (χ0n) is 10.4. The van der Waals surface area contributed by atoms with Crippen LogP contribution < -0.4 is 5.32 Å². The third-order valence-electron chi connectivity index (χ3n) is 2.43. The maximum Gasteiger partial charge on any atom is 0.252 e. The van der Waals surface area contributed by atoms with Gasteiger partial charge in [0.05, 0.1) is 5.56 Å². The molecule has 0 aliphatic heterocycles. The van der Waals surface area contributed by atoms with Crippen molar-refractivity contribution in [3.8, 4) is 0 Å². The van der Waals surface area contributed by atoms with Crippen molar-refractivity contribution in [3.63, 3.8) is 0 Å². The van der Waals surface area contributed by atoms with Crippen LogP contribution >= 0.6 is 27.7 Å². The van der Waals surface area contributed by atoms with E-state index in [2.05, 4.69) is 34.4 Å². The molecule has 1 aromatic rings. The second-order valence-electron chi connectivity index (χ2n) is 4.25. The minimum atomic E-state index is -0.00599. The number of amides is 1. The largest absolute Gasteiger partial charge is 0.352 e. The zero-order valence-corrected chi connectivity index (χ0v) is 12.8. The summed E-state index contributed by atoms with van der Waals surface area (Å²) >= 11 is 5.21. The first-order valence-corrected chi connectivity index (χ1v) is 7.76. The van der Waals surface area contributed by atoms with Gasteiger partial charge in [0, 0.05) is 11.0 Å². The Hall–Kier alpha value is -0.480. The molecular weight excluding hydrogens is 298 g/mol. The first kappa shape index (κ1) is 14.6. The highest BCUT2D eigenvalue weighted by Gasteiger charge is 2.11. The minimum absolute atomic E-state index is 0.00599. The number of hydrogen-bond acceptors (Lipinski definition) is 2. The van der Waals surface area contributed by atoms with Gasteiger partial charge in [-0.15, -0.1) is 0 Å². The molecule has 17 heavy (non-hydrogen) atoms. The monoisotopic (exact) mass is 315 g/mol. The third kappa shape index (κ3) is 4.72. The normalized spacial score (nSPS) is 12.2. The van der Waals surface area contributed by atoms with E-state index < -0.39 is 0 Å². The van der Waals surface area contributed by atoms with E-state index in [1.807, 2.05) is 25.1 Å². The van der Waals surface area contributed by atoms with Crippen molar-refractivity contribution in [2.24, 2.45) is 5.92 Å². The Balaban J connectivity index is 2.61. The highest BCUT2D eigenvalue weighted by Crippen LogP contribution is 2.18. The Morgan fingerprint density at radius 1 is 1.53 bits per heavy atom. The Morgan fingerprint density at radius 2 is 2.24 bits per heavy atom. The lowest BCUT2D eigenvalue weighted by Gasteiger charge is -2.12. The molecule has 1 atom stereocenters. The standard InChI is InChI=1S/C13H18BrNOS/c1-9-4-5-12(14)11(6-9)13(16)15-7-10(2)8-17-3/h4-6,10H,7-8H2,1-3H3,(H,15,16). The number of thioether (sulfide) groups is 1. The van der Waals surface area contributed by atoms with E-state index in [0.717, 1.165) is 22.3 Å². The number of nitrogens with one attached hydrogen (secondary N) is 1. The van der Waals surface area contributed by atoms with E-state index in [1.54, 1.807) is 11.8 Å². The van der Waals surface area contributed by atoms with Crippen molar-refractivity contribution in [2.45, 2.75) is 13.8 Å². The van der Waals surface area contributed by atoms with E-state index in [-0.39, 0.29) is 5.91 Å². The first-order valence-electron chi connectivity index (χ1n) is 5.58. The number of benzene rings is 1. The van der Waals surface area contributed by atoms with Crippen LogP contribution in [0.5, 0.6) is 0 Å². The van der Waals surface area contributed by atoms with Crippen molar-refractivity contribution in [2.75, 3.05) is 18.6 Å². The Bertz CT molecular complexity index is 395. The molecule has 1 unspecified atom stereocenters. The third-order valence-corrected chi connectivity index (χ3v) is 4.02. The van der Waals surface area contributed by atoms with Gasteiger partial charge in [-0.25, -0.2) is 0 Å². The predicted molar refractivity (Wildman–Crippen MR) is 78.8 cm³/mol. The molecule has 1 aromatic carbocycles. The lowest BCUT2D eigenvalue weighted by atomic mass is 10.1. The van der Waals surface area contributed by atoms with Gasteiger partial charge in [0.2, 0.25) is 0 Å². The Kier molecular flexibility index (Phi) is 6.06. The van der Waals surface area contributed by atoms with Gasteiger partial charge in [-0.05, 0) is 52.9 Å². The summed E-state index contributed by atoms with van der Waals surface area (Å²) in [5.74, 6) is 1.56. The maximum absolute atomic E-state index is 12.0. The number of halogens is 1. The lowest BCUT2D eigenvalue weighted by Crippen LogP contribution is -2.29. The minimum Gasteiger partial charge on any atom is -0.352 e. The molecule has 0 fully saturated rings.